The van der Waals surface area contributed by atoms with E-state index in [0.29, 0.717) is 22.0 Å². The largest absolute Gasteiger partial charge is 0.454 e. The molecule has 0 aliphatic carbocycles. The molecular formula is C21H13N5O3S. The normalized spacial score (nSPS) is 11.1. The molecule has 0 unspecified atom stereocenters. The molecule has 4 aromatic heterocycles. The zero-order chi connectivity index (χ0) is 20.5. The molecule has 4 heterocycles. The van der Waals surface area contributed by atoms with Crippen LogP contribution in [0, 0.1) is 0 Å². The van der Waals surface area contributed by atoms with Gasteiger partial charge in [0, 0.05) is 24.7 Å². The zero-order valence-corrected chi connectivity index (χ0v) is 16.2. The third kappa shape index (κ3) is 3.31. The number of thiazole rings is 1. The van der Waals surface area contributed by atoms with Crippen molar-refractivity contribution >= 4 is 33.2 Å². The van der Waals surface area contributed by atoms with Crippen LogP contribution in [0.3, 0.4) is 0 Å². The molecule has 0 fully saturated rings. The Morgan fingerprint density at radius 2 is 1.87 bits per heavy atom. The second-order valence-electron chi connectivity index (χ2n) is 6.33. The molecule has 0 N–H and O–H groups in total. The van der Waals surface area contributed by atoms with Crippen molar-refractivity contribution < 1.29 is 9.53 Å². The first kappa shape index (κ1) is 18.1. The molecule has 0 aliphatic heterocycles. The van der Waals surface area contributed by atoms with E-state index in [-0.39, 0.29) is 17.9 Å². The maximum Gasteiger partial charge on any atom is 0.359 e. The molecule has 0 radical (unpaired) electrons. The highest BCUT2D eigenvalue weighted by Crippen LogP contribution is 2.30. The fourth-order valence-corrected chi connectivity index (χ4v) is 3.97. The summed E-state index contributed by atoms with van der Waals surface area (Å²) in [5.41, 5.74) is 1.82. The second kappa shape index (κ2) is 7.45. The van der Waals surface area contributed by atoms with Gasteiger partial charge in [-0.15, -0.1) is 11.3 Å². The van der Waals surface area contributed by atoms with Crippen LogP contribution in [0.15, 0.2) is 71.9 Å². The molecule has 0 saturated carbocycles. The van der Waals surface area contributed by atoms with Gasteiger partial charge < -0.3 is 4.74 Å². The van der Waals surface area contributed by atoms with E-state index < -0.39 is 5.97 Å². The Kier molecular flexibility index (Phi) is 4.49. The lowest BCUT2D eigenvalue weighted by Gasteiger charge is -2.07. The molecular weight excluding hydrogens is 402 g/mol. The predicted octanol–water partition coefficient (Wildman–Crippen LogP) is 3.12. The van der Waals surface area contributed by atoms with Crippen LogP contribution in [0.2, 0.25) is 0 Å². The van der Waals surface area contributed by atoms with E-state index >= 15 is 0 Å². The van der Waals surface area contributed by atoms with Crippen LogP contribution in [0.5, 0.6) is 0 Å². The first-order chi connectivity index (χ1) is 14.7. The molecule has 9 heteroatoms. The summed E-state index contributed by atoms with van der Waals surface area (Å²) >= 11 is 1.42. The van der Waals surface area contributed by atoms with Gasteiger partial charge in [-0.25, -0.2) is 24.7 Å². The minimum atomic E-state index is -0.660. The molecule has 8 nitrogen and oxygen atoms in total. The minimum Gasteiger partial charge on any atom is -0.454 e. The van der Waals surface area contributed by atoms with Gasteiger partial charge in [0.05, 0.1) is 15.9 Å². The lowest BCUT2D eigenvalue weighted by Crippen LogP contribution is -2.17. The predicted molar refractivity (Wildman–Crippen MR) is 111 cm³/mol. The average molecular weight is 415 g/mol. The van der Waals surface area contributed by atoms with Gasteiger partial charge in [0.1, 0.15) is 23.0 Å². The first-order valence-corrected chi connectivity index (χ1v) is 9.82. The summed E-state index contributed by atoms with van der Waals surface area (Å²) in [5, 5.41) is 0.582. The summed E-state index contributed by atoms with van der Waals surface area (Å²) in [4.78, 5) is 42.2. The van der Waals surface area contributed by atoms with Crippen molar-refractivity contribution in [2.75, 3.05) is 0 Å². The number of hydrogen-bond donors (Lipinski definition) is 0. The second-order valence-corrected chi connectivity index (χ2v) is 7.36. The highest BCUT2D eigenvalue weighted by atomic mass is 32.1. The van der Waals surface area contributed by atoms with Crippen LogP contribution in [0.1, 0.15) is 16.2 Å². The van der Waals surface area contributed by atoms with E-state index in [1.165, 1.54) is 34.2 Å². The van der Waals surface area contributed by atoms with Gasteiger partial charge in [0.25, 0.3) is 5.56 Å². The van der Waals surface area contributed by atoms with Crippen LogP contribution in [-0.4, -0.2) is 30.3 Å². The number of benzene rings is 1. The molecule has 0 atom stereocenters. The topological polar surface area (TPSA) is 99.3 Å². The van der Waals surface area contributed by atoms with E-state index in [4.69, 9.17) is 4.74 Å². The van der Waals surface area contributed by atoms with Crippen LogP contribution < -0.4 is 5.56 Å². The van der Waals surface area contributed by atoms with Crippen molar-refractivity contribution in [3.05, 3.63) is 88.9 Å². The summed E-state index contributed by atoms with van der Waals surface area (Å²) in [7, 11) is 0. The Bertz CT molecular complexity index is 1430. The van der Waals surface area contributed by atoms with Crippen molar-refractivity contribution in [2.24, 2.45) is 0 Å². The number of ether oxygens (including phenoxy) is 1. The Morgan fingerprint density at radius 1 is 1.03 bits per heavy atom. The van der Waals surface area contributed by atoms with Crippen LogP contribution in [-0.2, 0) is 11.3 Å². The van der Waals surface area contributed by atoms with E-state index in [9.17, 15) is 9.59 Å². The fourth-order valence-electron chi connectivity index (χ4n) is 3.00. The van der Waals surface area contributed by atoms with Crippen LogP contribution in [0.4, 0.5) is 0 Å². The number of esters is 1. The number of carbonyl (C=O) groups excluding carboxylic acids is 1. The van der Waals surface area contributed by atoms with Gasteiger partial charge in [-0.1, -0.05) is 18.2 Å². The maximum absolute atomic E-state index is 12.7. The van der Waals surface area contributed by atoms with Gasteiger partial charge >= 0.3 is 5.97 Å². The van der Waals surface area contributed by atoms with Crippen LogP contribution in [0.25, 0.3) is 26.6 Å². The molecule has 30 heavy (non-hydrogen) atoms. The number of para-hydroxylation sites is 1. The molecule has 5 rings (SSSR count). The molecule has 0 spiro atoms. The summed E-state index contributed by atoms with van der Waals surface area (Å²) in [6.45, 7) is -0.157. The molecule has 0 amide bonds. The number of pyridine rings is 1. The van der Waals surface area contributed by atoms with Crippen LogP contribution >= 0.6 is 11.3 Å². The summed E-state index contributed by atoms with van der Waals surface area (Å²) in [5.74, 6) is -0.660. The Balaban J connectivity index is 1.43. The number of nitrogens with zero attached hydrogens (tertiary/aromatic N) is 5. The average Bonchev–Trinajstić information content (AvgIpc) is 3.22. The quantitative estimate of drug-likeness (QED) is 0.416. The standard InChI is InChI=1S/C21H13N5O3S/c27-17-11-13(24-16-7-3-4-10-26(16)17)12-29-21(28)19-18(22-8-9-23-19)20-25-14-5-1-2-6-15(14)30-20/h1-11H,12H2. The SMILES string of the molecule is O=C(OCc1cc(=O)n2ccccc2n1)c1nccnc1-c1nc2ccccc2s1. The third-order valence-corrected chi connectivity index (χ3v) is 5.41. The maximum atomic E-state index is 12.7. The van der Waals surface area contributed by atoms with Gasteiger partial charge in [-0.05, 0) is 24.3 Å². The molecule has 0 saturated heterocycles. The van der Waals surface area contributed by atoms with E-state index in [1.54, 1.807) is 24.4 Å². The van der Waals surface area contributed by atoms with E-state index in [0.717, 1.165) is 10.2 Å². The van der Waals surface area contributed by atoms with Crippen molar-refractivity contribution in [1.29, 1.82) is 0 Å². The summed E-state index contributed by atoms with van der Waals surface area (Å²) in [6.07, 6.45) is 4.56. The van der Waals surface area contributed by atoms with Gasteiger partial charge in [0.15, 0.2) is 5.69 Å². The molecule has 1 aromatic carbocycles. The number of hydrogen-bond acceptors (Lipinski definition) is 8. The van der Waals surface area contributed by atoms with Gasteiger partial charge in [0.2, 0.25) is 0 Å². The van der Waals surface area contributed by atoms with Crippen molar-refractivity contribution in [2.45, 2.75) is 6.61 Å². The van der Waals surface area contributed by atoms with Gasteiger partial charge in [-0.2, -0.15) is 0 Å². The monoisotopic (exact) mass is 415 g/mol. The van der Waals surface area contributed by atoms with Crippen molar-refractivity contribution in [1.82, 2.24) is 24.3 Å². The lowest BCUT2D eigenvalue weighted by atomic mass is 10.3. The van der Waals surface area contributed by atoms with Crippen molar-refractivity contribution in [3.8, 4) is 10.7 Å². The third-order valence-electron chi connectivity index (χ3n) is 4.36. The highest BCUT2D eigenvalue weighted by Gasteiger charge is 2.20. The van der Waals surface area contributed by atoms with Gasteiger partial charge in [-0.3, -0.25) is 9.20 Å². The smallest absolute Gasteiger partial charge is 0.359 e. The molecule has 0 aliphatic rings. The van der Waals surface area contributed by atoms with E-state index in [2.05, 4.69) is 19.9 Å². The minimum absolute atomic E-state index is 0.0640. The number of fused-ring (bicyclic) bond motifs is 2. The molecule has 5 aromatic rings. The Hall–Kier alpha value is -3.98. The molecule has 0 bridgehead atoms. The fraction of sp³-hybridized carbons (Fsp3) is 0.0476. The number of aromatic nitrogens is 5. The summed E-state index contributed by atoms with van der Waals surface area (Å²) in [6, 6.07) is 14.2. The number of rotatable bonds is 4. The van der Waals surface area contributed by atoms with Crippen molar-refractivity contribution in [3.63, 3.8) is 0 Å². The highest BCUT2D eigenvalue weighted by molar-refractivity contribution is 7.21. The molecule has 146 valence electrons. The zero-order valence-electron chi connectivity index (χ0n) is 15.4. The number of carbonyl (C=O) groups is 1. The first-order valence-electron chi connectivity index (χ1n) is 9.00. The van der Waals surface area contributed by atoms with E-state index in [1.807, 2.05) is 24.3 Å². The Morgan fingerprint density at radius 3 is 2.77 bits per heavy atom. The summed E-state index contributed by atoms with van der Waals surface area (Å²) < 4.78 is 7.78. The Labute approximate surface area is 173 Å². The lowest BCUT2D eigenvalue weighted by molar-refractivity contribution is 0.0461.